The van der Waals surface area contributed by atoms with E-state index in [1.54, 1.807) is 0 Å². The third-order valence-corrected chi connectivity index (χ3v) is 9.51. The zero-order chi connectivity index (χ0) is 23.6. The average Bonchev–Trinajstić information content (AvgIpc) is 3.16. The van der Waals surface area contributed by atoms with Crippen LogP contribution in [0, 0.1) is 23.2 Å². The number of fused-ring (bicyclic) bond motifs is 1. The second-order valence-electron chi connectivity index (χ2n) is 11.6. The summed E-state index contributed by atoms with van der Waals surface area (Å²) in [7, 11) is 0. The molecular weight excluding hydrogens is 410 g/mol. The molecule has 0 radical (unpaired) electrons. The molecule has 4 nitrogen and oxygen atoms in total. The third kappa shape index (κ3) is 5.32. The first-order valence-corrected chi connectivity index (χ1v) is 13.5. The number of carbonyl (C=O) groups excluding carboxylic acids is 1. The number of nitrogens with zero attached hydrogens (tertiary/aromatic N) is 1. The quantitative estimate of drug-likeness (QED) is 0.571. The van der Waals surface area contributed by atoms with Gasteiger partial charge in [0.2, 0.25) is 5.91 Å². The number of hydrogen-bond donors (Lipinski definition) is 2. The van der Waals surface area contributed by atoms with Crippen molar-refractivity contribution in [3.63, 3.8) is 0 Å². The van der Waals surface area contributed by atoms with Crippen molar-refractivity contribution >= 4 is 5.91 Å². The number of aliphatic hydroxyl groups is 2. The molecule has 0 bridgehead atoms. The lowest BCUT2D eigenvalue weighted by molar-refractivity contribution is -0.132. The van der Waals surface area contributed by atoms with E-state index in [2.05, 4.69) is 37.5 Å². The Labute approximate surface area is 200 Å². The van der Waals surface area contributed by atoms with Crippen LogP contribution in [0.3, 0.4) is 0 Å². The van der Waals surface area contributed by atoms with Crippen LogP contribution in [0.5, 0.6) is 0 Å². The Balaban J connectivity index is 1.40. The van der Waals surface area contributed by atoms with E-state index in [4.69, 9.17) is 0 Å². The summed E-state index contributed by atoms with van der Waals surface area (Å²) in [6, 6.07) is 0. The van der Waals surface area contributed by atoms with E-state index in [0.29, 0.717) is 48.3 Å². The number of rotatable bonds is 5. The average molecular weight is 456 g/mol. The van der Waals surface area contributed by atoms with Gasteiger partial charge in [0.05, 0.1) is 12.2 Å². The maximum Gasteiger partial charge on any atom is 0.222 e. The number of likely N-dealkylation sites (tertiary alicyclic amines) is 1. The lowest BCUT2D eigenvalue weighted by Gasteiger charge is -2.44. The number of allylic oxidation sites excluding steroid dienone is 3. The van der Waals surface area contributed by atoms with Gasteiger partial charge in [-0.1, -0.05) is 38.2 Å². The van der Waals surface area contributed by atoms with Crippen LogP contribution in [0.2, 0.25) is 0 Å². The summed E-state index contributed by atoms with van der Waals surface area (Å²) in [6.45, 7) is 10.9. The van der Waals surface area contributed by atoms with Gasteiger partial charge in [0, 0.05) is 25.9 Å². The molecule has 184 valence electrons. The first-order chi connectivity index (χ1) is 15.8. The molecule has 4 rings (SSSR count). The third-order valence-electron chi connectivity index (χ3n) is 9.51. The van der Waals surface area contributed by atoms with Gasteiger partial charge in [-0.3, -0.25) is 4.79 Å². The molecule has 1 aliphatic heterocycles. The summed E-state index contributed by atoms with van der Waals surface area (Å²) in [5.41, 5.74) is 3.63. The minimum atomic E-state index is -0.626. The van der Waals surface area contributed by atoms with Crippen molar-refractivity contribution < 1.29 is 15.0 Å². The van der Waals surface area contributed by atoms with Crippen LogP contribution >= 0.6 is 0 Å². The van der Waals surface area contributed by atoms with E-state index in [1.807, 2.05) is 0 Å². The van der Waals surface area contributed by atoms with Crippen molar-refractivity contribution in [3.05, 3.63) is 35.5 Å². The predicted octanol–water partition coefficient (Wildman–Crippen LogP) is 5.56. The molecule has 1 heterocycles. The van der Waals surface area contributed by atoms with Gasteiger partial charge < -0.3 is 15.1 Å². The molecule has 3 saturated carbocycles. The summed E-state index contributed by atoms with van der Waals surface area (Å²) in [5.74, 6) is 2.24. The second kappa shape index (κ2) is 10.5. The minimum Gasteiger partial charge on any atom is -0.393 e. The van der Waals surface area contributed by atoms with Crippen LogP contribution in [0.4, 0.5) is 0 Å². The number of amides is 1. The highest BCUT2D eigenvalue weighted by Gasteiger charge is 2.50. The van der Waals surface area contributed by atoms with Crippen molar-refractivity contribution in [1.82, 2.24) is 4.90 Å². The molecule has 0 unspecified atom stereocenters. The fourth-order valence-electron chi connectivity index (χ4n) is 7.53. The van der Waals surface area contributed by atoms with Gasteiger partial charge in [-0.2, -0.15) is 0 Å². The summed E-state index contributed by atoms with van der Waals surface area (Å²) in [6.07, 6.45) is 15.8. The molecule has 1 saturated heterocycles. The second-order valence-corrected chi connectivity index (χ2v) is 11.6. The highest BCUT2D eigenvalue weighted by molar-refractivity contribution is 5.76. The molecule has 0 aromatic rings. The highest BCUT2D eigenvalue weighted by Crippen LogP contribution is 2.59. The van der Waals surface area contributed by atoms with E-state index in [-0.39, 0.29) is 0 Å². The molecule has 0 aromatic heterocycles. The summed E-state index contributed by atoms with van der Waals surface area (Å²) in [5, 5.41) is 20.2. The Bertz CT molecular complexity index is 793. The van der Waals surface area contributed by atoms with Gasteiger partial charge in [0.15, 0.2) is 0 Å². The van der Waals surface area contributed by atoms with Crippen molar-refractivity contribution in [2.75, 3.05) is 13.1 Å². The number of carbonyl (C=O) groups is 1. The zero-order valence-electron chi connectivity index (χ0n) is 20.9. The highest BCUT2D eigenvalue weighted by atomic mass is 16.3. The molecule has 4 aliphatic rings. The summed E-state index contributed by atoms with van der Waals surface area (Å²) < 4.78 is 0. The van der Waals surface area contributed by atoms with Crippen LogP contribution in [-0.2, 0) is 4.79 Å². The van der Waals surface area contributed by atoms with Gasteiger partial charge in [-0.15, -0.1) is 0 Å². The molecule has 4 heteroatoms. The summed E-state index contributed by atoms with van der Waals surface area (Å²) >= 11 is 0. The van der Waals surface area contributed by atoms with E-state index < -0.39 is 12.2 Å². The van der Waals surface area contributed by atoms with Crippen LogP contribution in [-0.4, -0.2) is 46.3 Å². The van der Waals surface area contributed by atoms with E-state index >= 15 is 0 Å². The van der Waals surface area contributed by atoms with Gasteiger partial charge in [0.1, 0.15) is 0 Å². The maximum atomic E-state index is 12.7. The largest absolute Gasteiger partial charge is 0.393 e. The molecule has 0 aromatic carbocycles. The Morgan fingerprint density at radius 2 is 1.94 bits per heavy atom. The standard InChI is InChI=1S/C29H45NO3/c1-20(9-14-28(33)30-16-5-4-6-17-30)25-12-13-26-22(8-7-15-29(25,26)3)10-11-23-18-24(31)19-27(32)21(23)2/h10-11,20,24-27,31-32H,2,4-9,12-19H2,1,3H3/t20-,24+,25+,26-,27-,29+/m0/s1. The molecule has 6 atom stereocenters. The van der Waals surface area contributed by atoms with Crippen molar-refractivity contribution in [2.24, 2.45) is 23.2 Å². The van der Waals surface area contributed by atoms with Gasteiger partial charge >= 0.3 is 0 Å². The Hall–Kier alpha value is -1.39. The van der Waals surface area contributed by atoms with Crippen LogP contribution < -0.4 is 0 Å². The molecular formula is C29H45NO3. The lowest BCUT2D eigenvalue weighted by Crippen LogP contribution is -2.37. The van der Waals surface area contributed by atoms with E-state index in [9.17, 15) is 15.0 Å². The Kier molecular flexibility index (Phi) is 7.85. The number of piperidine rings is 1. The van der Waals surface area contributed by atoms with Crippen molar-refractivity contribution in [1.29, 1.82) is 0 Å². The van der Waals surface area contributed by atoms with E-state index in [0.717, 1.165) is 37.1 Å². The van der Waals surface area contributed by atoms with Crippen molar-refractivity contribution in [3.8, 4) is 0 Å². The number of hydrogen-bond acceptors (Lipinski definition) is 3. The van der Waals surface area contributed by atoms with Gasteiger partial charge in [-0.25, -0.2) is 0 Å². The molecule has 4 fully saturated rings. The van der Waals surface area contributed by atoms with Crippen molar-refractivity contribution in [2.45, 2.75) is 103 Å². The predicted molar refractivity (Wildman–Crippen MR) is 134 cm³/mol. The van der Waals surface area contributed by atoms with Crippen LogP contribution in [0.25, 0.3) is 0 Å². The van der Waals surface area contributed by atoms with Crippen LogP contribution in [0.1, 0.15) is 90.9 Å². The molecule has 2 N–H and O–H groups in total. The number of aliphatic hydroxyl groups excluding tert-OH is 2. The summed E-state index contributed by atoms with van der Waals surface area (Å²) in [4.78, 5) is 14.8. The fraction of sp³-hybridized carbons (Fsp3) is 0.759. The molecule has 3 aliphatic carbocycles. The smallest absolute Gasteiger partial charge is 0.222 e. The lowest BCUT2D eigenvalue weighted by atomic mass is 9.60. The normalized spacial score (nSPS) is 38.5. The van der Waals surface area contributed by atoms with Gasteiger partial charge in [0.25, 0.3) is 0 Å². The van der Waals surface area contributed by atoms with Gasteiger partial charge in [-0.05, 0) is 98.5 Å². The topological polar surface area (TPSA) is 60.8 Å². The first-order valence-electron chi connectivity index (χ1n) is 13.5. The Morgan fingerprint density at radius 3 is 2.70 bits per heavy atom. The maximum absolute atomic E-state index is 12.7. The van der Waals surface area contributed by atoms with E-state index in [1.165, 1.54) is 50.5 Å². The Morgan fingerprint density at radius 1 is 1.18 bits per heavy atom. The van der Waals surface area contributed by atoms with Crippen LogP contribution in [0.15, 0.2) is 35.5 Å². The molecule has 33 heavy (non-hydrogen) atoms. The zero-order valence-corrected chi connectivity index (χ0v) is 20.9. The molecule has 0 spiro atoms. The SMILES string of the molecule is C=C1C(=CC=C2CCC[C@]3(C)[C@@H]([C@@H](C)CCC(=O)N4CCCCC4)CC[C@@H]23)C[C@@H](O)C[C@@H]1O. The molecule has 1 amide bonds. The first kappa shape index (κ1) is 24.7. The minimum absolute atomic E-state index is 0.318. The fourth-order valence-corrected chi connectivity index (χ4v) is 7.53. The monoisotopic (exact) mass is 455 g/mol.